The number of nitrogens with two attached hydrogens (primary N) is 1. The molecule has 0 aliphatic carbocycles. The van der Waals surface area contributed by atoms with Crippen LogP contribution >= 0.6 is 0 Å². The third-order valence-electron chi connectivity index (χ3n) is 5.94. The van der Waals surface area contributed by atoms with Crippen LogP contribution in [0.5, 0.6) is 11.6 Å². The average Bonchev–Trinajstić information content (AvgIpc) is 3.25. The lowest BCUT2D eigenvalue weighted by atomic mass is 10.0. The van der Waals surface area contributed by atoms with Gasteiger partial charge in [-0.1, -0.05) is 6.58 Å². The number of amides is 3. The summed E-state index contributed by atoms with van der Waals surface area (Å²) in [5.41, 5.74) is 5.03. The van der Waals surface area contributed by atoms with Gasteiger partial charge < -0.3 is 30.2 Å². The molecule has 3 N–H and O–H groups in total. The Morgan fingerprint density at radius 3 is 2.55 bits per heavy atom. The Morgan fingerprint density at radius 2 is 1.95 bits per heavy atom. The molecule has 3 rings (SSSR count). The SMILES string of the molecule is C=C(C)C(=O)C[C@H](NC(=O)OC(C)(C)C)C(=O)N1CC(Oc2nccc3cc(OC)ccc23)C[C@H]1C(N)=O. The normalized spacial score (nSPS) is 18.0. The van der Waals surface area contributed by atoms with Gasteiger partial charge in [-0.3, -0.25) is 14.4 Å². The Hall–Kier alpha value is -4.15. The summed E-state index contributed by atoms with van der Waals surface area (Å²) in [6.45, 7) is 10.1. The molecule has 38 heavy (non-hydrogen) atoms. The molecule has 0 spiro atoms. The maximum atomic E-state index is 13.6. The first-order chi connectivity index (χ1) is 17.8. The first-order valence-electron chi connectivity index (χ1n) is 12.2. The highest BCUT2D eigenvalue weighted by molar-refractivity contribution is 6.00. The van der Waals surface area contributed by atoms with Crippen molar-refractivity contribution in [3.8, 4) is 11.6 Å². The summed E-state index contributed by atoms with van der Waals surface area (Å²) in [4.78, 5) is 56.3. The maximum absolute atomic E-state index is 13.6. The number of ether oxygens (including phenoxy) is 3. The lowest BCUT2D eigenvalue weighted by Gasteiger charge is -2.28. The molecule has 1 aromatic carbocycles. The van der Waals surface area contributed by atoms with Crippen molar-refractivity contribution in [3.63, 3.8) is 0 Å². The zero-order valence-corrected chi connectivity index (χ0v) is 22.3. The summed E-state index contributed by atoms with van der Waals surface area (Å²) >= 11 is 0. The highest BCUT2D eigenvalue weighted by Gasteiger charge is 2.43. The van der Waals surface area contributed by atoms with Gasteiger partial charge in [-0.05, 0) is 62.9 Å². The standard InChI is InChI=1S/C27H34N4O7/c1-15(2)22(32)13-20(30-26(35)38-27(3,4)5)25(34)31-14-18(12-21(31)23(28)33)37-24-19-8-7-17(36-6)11-16(19)9-10-29-24/h7-11,18,20-21H,1,12-14H2,2-6H3,(H2,28,33)(H,30,35)/t18?,20-,21-/m0/s1. The highest BCUT2D eigenvalue weighted by atomic mass is 16.6. The van der Waals surface area contributed by atoms with Gasteiger partial charge >= 0.3 is 6.09 Å². The number of nitrogens with one attached hydrogen (secondary N) is 1. The van der Waals surface area contributed by atoms with Crippen molar-refractivity contribution in [1.29, 1.82) is 0 Å². The van der Waals surface area contributed by atoms with Crippen molar-refractivity contribution in [3.05, 3.63) is 42.6 Å². The van der Waals surface area contributed by atoms with Gasteiger partial charge in [-0.25, -0.2) is 9.78 Å². The van der Waals surface area contributed by atoms with Crippen molar-refractivity contribution < 1.29 is 33.4 Å². The number of hydrogen-bond donors (Lipinski definition) is 2. The van der Waals surface area contributed by atoms with Crippen LogP contribution in [-0.4, -0.2) is 71.0 Å². The number of allylic oxidation sites excluding steroid dienone is 1. The zero-order chi connectivity index (χ0) is 28.2. The molecular formula is C27H34N4O7. The molecule has 3 atom stereocenters. The fraction of sp³-hybridized carbons (Fsp3) is 0.444. The van der Waals surface area contributed by atoms with Crippen molar-refractivity contribution in [2.75, 3.05) is 13.7 Å². The predicted octanol–water partition coefficient (Wildman–Crippen LogP) is 2.51. The van der Waals surface area contributed by atoms with E-state index in [0.717, 1.165) is 10.8 Å². The van der Waals surface area contributed by atoms with E-state index >= 15 is 0 Å². The molecule has 1 aliphatic heterocycles. The minimum Gasteiger partial charge on any atom is -0.497 e. The minimum atomic E-state index is -1.29. The summed E-state index contributed by atoms with van der Waals surface area (Å²) < 4.78 is 16.7. The molecule has 2 heterocycles. The number of carbonyl (C=O) groups excluding carboxylic acids is 4. The smallest absolute Gasteiger partial charge is 0.408 e. The Morgan fingerprint density at radius 1 is 1.24 bits per heavy atom. The van der Waals surface area contributed by atoms with E-state index < -0.39 is 47.5 Å². The lowest BCUT2D eigenvalue weighted by Crippen LogP contribution is -2.54. The zero-order valence-electron chi connectivity index (χ0n) is 22.3. The number of rotatable bonds is 9. The fourth-order valence-electron chi connectivity index (χ4n) is 4.11. The first kappa shape index (κ1) is 28.4. The Balaban J connectivity index is 1.84. The molecule has 1 aliphatic rings. The quantitative estimate of drug-likeness (QED) is 0.473. The van der Waals surface area contributed by atoms with E-state index in [1.807, 2.05) is 18.2 Å². The van der Waals surface area contributed by atoms with Gasteiger partial charge in [0.25, 0.3) is 0 Å². The third-order valence-corrected chi connectivity index (χ3v) is 5.94. The van der Waals surface area contributed by atoms with E-state index in [1.54, 1.807) is 40.1 Å². The number of methoxy groups -OCH3 is 1. The number of benzene rings is 1. The van der Waals surface area contributed by atoms with Crippen LogP contribution < -0.4 is 20.5 Å². The van der Waals surface area contributed by atoms with Crippen LogP contribution in [0.3, 0.4) is 0 Å². The van der Waals surface area contributed by atoms with E-state index in [2.05, 4.69) is 16.9 Å². The monoisotopic (exact) mass is 526 g/mol. The van der Waals surface area contributed by atoms with Crippen molar-refractivity contribution in [2.24, 2.45) is 5.73 Å². The minimum absolute atomic E-state index is 0.00553. The summed E-state index contributed by atoms with van der Waals surface area (Å²) in [5, 5.41) is 4.03. The van der Waals surface area contributed by atoms with E-state index in [4.69, 9.17) is 19.9 Å². The number of pyridine rings is 1. The largest absolute Gasteiger partial charge is 0.497 e. The molecule has 1 aromatic heterocycles. The number of carbonyl (C=O) groups is 4. The highest BCUT2D eigenvalue weighted by Crippen LogP contribution is 2.30. The number of Topliss-reactive ketones (excluding diaryl/α,β-unsaturated/α-hetero) is 1. The van der Waals surface area contributed by atoms with Gasteiger partial charge in [0, 0.05) is 24.4 Å². The molecule has 0 saturated carbocycles. The summed E-state index contributed by atoms with van der Waals surface area (Å²) in [6.07, 6.45) is -0.139. The number of likely N-dealkylation sites (tertiary alicyclic amines) is 1. The molecule has 0 radical (unpaired) electrons. The molecule has 3 amide bonds. The van der Waals surface area contributed by atoms with Gasteiger partial charge in [0.2, 0.25) is 17.7 Å². The van der Waals surface area contributed by atoms with Crippen LogP contribution in [0, 0.1) is 0 Å². The second-order valence-electron chi connectivity index (χ2n) is 10.2. The van der Waals surface area contributed by atoms with E-state index in [1.165, 1.54) is 11.8 Å². The molecule has 1 saturated heterocycles. The van der Waals surface area contributed by atoms with Gasteiger partial charge in [-0.2, -0.15) is 0 Å². The summed E-state index contributed by atoms with van der Waals surface area (Å²) in [5.74, 6) is -0.807. The molecule has 1 fully saturated rings. The van der Waals surface area contributed by atoms with Crippen molar-refractivity contribution in [2.45, 2.75) is 64.3 Å². The van der Waals surface area contributed by atoms with Crippen molar-refractivity contribution in [1.82, 2.24) is 15.2 Å². The van der Waals surface area contributed by atoms with Gasteiger partial charge in [0.15, 0.2) is 5.78 Å². The molecular weight excluding hydrogens is 492 g/mol. The predicted molar refractivity (Wildman–Crippen MR) is 140 cm³/mol. The number of aromatic nitrogens is 1. The third kappa shape index (κ3) is 6.99. The number of alkyl carbamates (subject to hydrolysis) is 1. The number of nitrogens with zero attached hydrogens (tertiary/aromatic N) is 2. The van der Waals surface area contributed by atoms with Gasteiger partial charge in [0.05, 0.1) is 13.7 Å². The van der Waals surface area contributed by atoms with E-state index in [9.17, 15) is 19.2 Å². The van der Waals surface area contributed by atoms with Crippen LogP contribution in [0.1, 0.15) is 40.5 Å². The Labute approximate surface area is 221 Å². The fourth-order valence-corrected chi connectivity index (χ4v) is 4.11. The number of ketones is 1. The van der Waals surface area contributed by atoms with E-state index in [0.29, 0.717) is 11.6 Å². The average molecular weight is 527 g/mol. The molecule has 204 valence electrons. The Bertz CT molecular complexity index is 1250. The topological polar surface area (TPSA) is 150 Å². The van der Waals surface area contributed by atoms with Crippen LogP contribution in [-0.2, 0) is 19.1 Å². The second-order valence-corrected chi connectivity index (χ2v) is 10.2. The van der Waals surface area contributed by atoms with Crippen LogP contribution in [0.4, 0.5) is 4.79 Å². The van der Waals surface area contributed by atoms with Crippen LogP contribution in [0.25, 0.3) is 10.8 Å². The summed E-state index contributed by atoms with van der Waals surface area (Å²) in [6, 6.07) is 4.94. The number of hydrogen-bond acceptors (Lipinski definition) is 8. The molecule has 2 aromatic rings. The van der Waals surface area contributed by atoms with Crippen LogP contribution in [0.15, 0.2) is 42.6 Å². The van der Waals surface area contributed by atoms with Gasteiger partial charge in [-0.15, -0.1) is 0 Å². The first-order valence-corrected chi connectivity index (χ1v) is 12.2. The van der Waals surface area contributed by atoms with Crippen molar-refractivity contribution >= 4 is 34.5 Å². The summed E-state index contributed by atoms with van der Waals surface area (Å²) in [7, 11) is 1.57. The number of fused-ring (bicyclic) bond motifs is 1. The Kier molecular flexibility index (Phi) is 8.60. The molecule has 11 heteroatoms. The molecule has 1 unspecified atom stereocenters. The molecule has 11 nitrogen and oxygen atoms in total. The molecule has 0 bridgehead atoms. The lowest BCUT2D eigenvalue weighted by molar-refractivity contribution is -0.140. The number of primary amides is 1. The van der Waals surface area contributed by atoms with E-state index in [-0.39, 0.29) is 25.0 Å². The maximum Gasteiger partial charge on any atom is 0.408 e. The van der Waals surface area contributed by atoms with Gasteiger partial charge in [0.1, 0.15) is 29.5 Å². The van der Waals surface area contributed by atoms with Crippen LogP contribution in [0.2, 0.25) is 0 Å². The second kappa shape index (κ2) is 11.5.